The van der Waals surface area contributed by atoms with Crippen LogP contribution in [0.2, 0.25) is 0 Å². The molecular weight excluding hydrogens is 378 g/mol. The van der Waals surface area contributed by atoms with E-state index in [0.29, 0.717) is 12.4 Å². The summed E-state index contributed by atoms with van der Waals surface area (Å²) in [6.45, 7) is 1.95. The minimum absolute atomic E-state index is 0.0343. The van der Waals surface area contributed by atoms with E-state index in [2.05, 4.69) is 20.4 Å². The first-order chi connectivity index (χ1) is 13.8. The van der Waals surface area contributed by atoms with E-state index in [9.17, 15) is 13.6 Å². The largest absolute Gasteiger partial charge is 0.332 e. The number of nitrogens with one attached hydrogen (secondary N) is 1. The minimum atomic E-state index is -2.82. The molecule has 7 nitrogen and oxygen atoms in total. The van der Waals surface area contributed by atoms with Crippen LogP contribution in [-0.2, 0) is 11.8 Å². The van der Waals surface area contributed by atoms with Gasteiger partial charge in [-0.3, -0.25) is 9.48 Å². The van der Waals surface area contributed by atoms with E-state index >= 15 is 0 Å². The van der Waals surface area contributed by atoms with Crippen LogP contribution < -0.4 is 5.32 Å². The van der Waals surface area contributed by atoms with Crippen molar-refractivity contribution in [1.82, 2.24) is 24.6 Å². The summed E-state index contributed by atoms with van der Waals surface area (Å²) in [5.74, 6) is -3.87. The maximum absolute atomic E-state index is 13.4. The Hall–Kier alpha value is -2.84. The highest BCUT2D eigenvalue weighted by Crippen LogP contribution is 2.51. The smallest absolute Gasteiger partial charge is 0.260 e. The standard InChI is InChI=1S/C20H22F2N6O/c1-11-8-23-19(25-13-9-24-27(2)10-13)26-17(11)12-5-14-3-4-15(6-12)28(14)18(29)16-7-20(16,21)22/h5,8-10,14-16H,3-4,6-7H2,1-2H3,(H,23,25,26). The van der Waals surface area contributed by atoms with Crippen molar-refractivity contribution in [1.29, 1.82) is 0 Å². The Morgan fingerprint density at radius 1 is 1.31 bits per heavy atom. The molecule has 2 aromatic rings. The first kappa shape index (κ1) is 18.2. The summed E-state index contributed by atoms with van der Waals surface area (Å²) in [5, 5.41) is 7.27. The molecule has 0 radical (unpaired) electrons. The van der Waals surface area contributed by atoms with Crippen LogP contribution in [-0.4, -0.2) is 48.6 Å². The molecule has 9 heteroatoms. The highest BCUT2D eigenvalue weighted by atomic mass is 19.3. The van der Waals surface area contributed by atoms with Crippen molar-refractivity contribution >= 4 is 23.1 Å². The Bertz CT molecular complexity index is 1020. The molecule has 152 valence electrons. The number of nitrogens with zero attached hydrogens (tertiary/aromatic N) is 5. The first-order valence-corrected chi connectivity index (χ1v) is 9.82. The van der Waals surface area contributed by atoms with Crippen molar-refractivity contribution < 1.29 is 13.6 Å². The van der Waals surface area contributed by atoms with E-state index in [0.717, 1.165) is 35.4 Å². The van der Waals surface area contributed by atoms with Crippen LogP contribution in [0.5, 0.6) is 0 Å². The Labute approximate surface area is 166 Å². The molecule has 0 aromatic carbocycles. The zero-order valence-corrected chi connectivity index (χ0v) is 16.3. The molecule has 29 heavy (non-hydrogen) atoms. The van der Waals surface area contributed by atoms with Crippen molar-refractivity contribution in [2.45, 2.75) is 50.6 Å². The molecule has 3 unspecified atom stereocenters. The van der Waals surface area contributed by atoms with Crippen molar-refractivity contribution in [3.8, 4) is 0 Å². The number of amides is 1. The van der Waals surface area contributed by atoms with Crippen molar-refractivity contribution in [2.75, 3.05) is 5.32 Å². The predicted molar refractivity (Wildman–Crippen MR) is 103 cm³/mol. The van der Waals surface area contributed by atoms with Crippen LogP contribution in [0.15, 0.2) is 24.7 Å². The summed E-state index contributed by atoms with van der Waals surface area (Å²) in [4.78, 5) is 23.3. The van der Waals surface area contributed by atoms with Gasteiger partial charge in [-0.2, -0.15) is 5.10 Å². The molecule has 1 N–H and O–H groups in total. The number of fused-ring (bicyclic) bond motifs is 2. The topological polar surface area (TPSA) is 75.9 Å². The number of halogens is 2. The summed E-state index contributed by atoms with van der Waals surface area (Å²) < 4.78 is 28.5. The molecule has 2 fully saturated rings. The number of hydrogen-bond donors (Lipinski definition) is 1. The second kappa shape index (κ2) is 6.33. The van der Waals surface area contributed by atoms with E-state index in [1.165, 1.54) is 0 Å². The second-order valence-electron chi connectivity index (χ2n) is 8.21. The summed E-state index contributed by atoms with van der Waals surface area (Å²) in [6.07, 6.45) is 9.29. The molecule has 4 heterocycles. The zero-order chi connectivity index (χ0) is 20.3. The molecule has 3 aliphatic rings. The number of carbonyl (C=O) groups excluding carboxylic acids is 1. The van der Waals surface area contributed by atoms with Gasteiger partial charge in [0, 0.05) is 31.9 Å². The van der Waals surface area contributed by atoms with Gasteiger partial charge in [0.05, 0.1) is 23.6 Å². The van der Waals surface area contributed by atoms with E-state index in [1.54, 1.807) is 22.0 Å². The Kier molecular flexibility index (Phi) is 3.97. The van der Waals surface area contributed by atoms with Gasteiger partial charge in [0.1, 0.15) is 5.92 Å². The highest BCUT2D eigenvalue weighted by molar-refractivity contribution is 5.85. The molecule has 3 atom stereocenters. The average Bonchev–Trinajstić information content (AvgIpc) is 2.97. The van der Waals surface area contributed by atoms with E-state index in [-0.39, 0.29) is 18.5 Å². The van der Waals surface area contributed by atoms with Gasteiger partial charge >= 0.3 is 0 Å². The summed E-state index contributed by atoms with van der Waals surface area (Å²) in [6, 6.07) is -0.162. The molecule has 0 spiro atoms. The lowest BCUT2D eigenvalue weighted by Gasteiger charge is -2.34. The number of alkyl halides is 2. The SMILES string of the molecule is Cc1cnc(Nc2cnn(C)c2)nc1C1=CC2CCC(C1)N2C(=O)C1CC1(F)F. The highest BCUT2D eigenvalue weighted by Gasteiger charge is 2.63. The van der Waals surface area contributed by atoms with E-state index in [4.69, 9.17) is 0 Å². The van der Waals surface area contributed by atoms with Gasteiger partial charge in [0.25, 0.3) is 5.92 Å². The third kappa shape index (κ3) is 3.18. The van der Waals surface area contributed by atoms with Gasteiger partial charge in [0.2, 0.25) is 11.9 Å². The van der Waals surface area contributed by atoms with Gasteiger partial charge in [0.15, 0.2) is 0 Å². The first-order valence-electron chi connectivity index (χ1n) is 9.82. The lowest BCUT2D eigenvalue weighted by molar-refractivity contribution is -0.137. The number of rotatable bonds is 4. The summed E-state index contributed by atoms with van der Waals surface area (Å²) >= 11 is 0. The fourth-order valence-corrected chi connectivity index (χ4v) is 4.45. The summed E-state index contributed by atoms with van der Waals surface area (Å²) in [7, 11) is 1.83. The fraction of sp³-hybridized carbons (Fsp3) is 0.500. The van der Waals surface area contributed by atoms with Gasteiger partial charge < -0.3 is 10.2 Å². The molecule has 1 saturated heterocycles. The van der Waals surface area contributed by atoms with Gasteiger partial charge in [-0.05, 0) is 37.3 Å². The van der Waals surface area contributed by atoms with E-state index < -0.39 is 17.7 Å². The molecule has 1 amide bonds. The molecule has 2 aromatic heterocycles. The Morgan fingerprint density at radius 2 is 2.10 bits per heavy atom. The maximum Gasteiger partial charge on any atom is 0.260 e. The van der Waals surface area contributed by atoms with Gasteiger partial charge in [-0.15, -0.1) is 0 Å². The maximum atomic E-state index is 13.4. The Balaban J connectivity index is 1.40. The van der Waals surface area contributed by atoms with Crippen LogP contribution >= 0.6 is 0 Å². The number of carbonyl (C=O) groups is 1. The van der Waals surface area contributed by atoms with Crippen LogP contribution in [0.1, 0.15) is 36.9 Å². The minimum Gasteiger partial charge on any atom is -0.332 e. The third-order valence-corrected chi connectivity index (χ3v) is 6.01. The lowest BCUT2D eigenvalue weighted by atomic mass is 9.96. The summed E-state index contributed by atoms with van der Waals surface area (Å²) in [5.41, 5.74) is 3.63. The lowest BCUT2D eigenvalue weighted by Crippen LogP contribution is -2.44. The number of aryl methyl sites for hydroxylation is 2. The molecule has 2 aliphatic heterocycles. The second-order valence-corrected chi connectivity index (χ2v) is 8.21. The van der Waals surface area contributed by atoms with Crippen molar-refractivity contribution in [2.24, 2.45) is 13.0 Å². The molecule has 2 bridgehead atoms. The van der Waals surface area contributed by atoms with Crippen molar-refractivity contribution in [3.05, 3.63) is 35.9 Å². The molecular formula is C20H22F2N6O. The number of anilines is 2. The van der Waals surface area contributed by atoms with Crippen LogP contribution in [0.25, 0.3) is 5.57 Å². The fourth-order valence-electron chi connectivity index (χ4n) is 4.45. The van der Waals surface area contributed by atoms with Crippen LogP contribution in [0, 0.1) is 12.8 Å². The average molecular weight is 400 g/mol. The number of aromatic nitrogens is 4. The monoisotopic (exact) mass is 400 g/mol. The van der Waals surface area contributed by atoms with Crippen LogP contribution in [0.3, 0.4) is 0 Å². The van der Waals surface area contributed by atoms with Crippen LogP contribution in [0.4, 0.5) is 20.4 Å². The van der Waals surface area contributed by atoms with Gasteiger partial charge in [-0.25, -0.2) is 18.7 Å². The van der Waals surface area contributed by atoms with E-state index in [1.807, 2.05) is 26.2 Å². The molecule has 5 rings (SSSR count). The molecule has 1 aliphatic carbocycles. The zero-order valence-electron chi connectivity index (χ0n) is 16.3. The normalized spacial score (nSPS) is 27.0. The molecule has 1 saturated carbocycles. The predicted octanol–water partition coefficient (Wildman–Crippen LogP) is 3.06. The third-order valence-electron chi connectivity index (χ3n) is 6.01. The Morgan fingerprint density at radius 3 is 2.76 bits per heavy atom. The van der Waals surface area contributed by atoms with Gasteiger partial charge in [-0.1, -0.05) is 6.08 Å². The van der Waals surface area contributed by atoms with Crippen molar-refractivity contribution in [3.63, 3.8) is 0 Å². The quantitative estimate of drug-likeness (QED) is 0.854. The number of hydrogen-bond acceptors (Lipinski definition) is 5.